The number of nitrogens with one attached hydrogen (secondary N) is 2. The van der Waals surface area contributed by atoms with Crippen molar-refractivity contribution in [2.45, 2.75) is 66.0 Å². The van der Waals surface area contributed by atoms with Gasteiger partial charge in [-0.1, -0.05) is 20.8 Å². The Balaban J connectivity index is 2.52. The smallest absolute Gasteiger partial charge is 0.329 e. The van der Waals surface area contributed by atoms with Gasteiger partial charge in [0.2, 0.25) is 0 Å². The third kappa shape index (κ3) is 9.26. The molecule has 0 unspecified atom stereocenters. The Morgan fingerprint density at radius 2 is 1.85 bits per heavy atom. The lowest BCUT2D eigenvalue weighted by Gasteiger charge is -2.25. The topological polar surface area (TPSA) is 97.6 Å². The maximum Gasteiger partial charge on any atom is 0.329 e. The van der Waals surface area contributed by atoms with Crippen molar-refractivity contribution in [2.75, 3.05) is 6.54 Å². The number of hydrogen-bond acceptors (Lipinski definition) is 5. The number of hydrogen-bond donors (Lipinski definition) is 2. The highest BCUT2D eigenvalue weighted by atomic mass is 16.6. The highest BCUT2D eigenvalue weighted by molar-refractivity contribution is 5.88. The first-order valence-electron chi connectivity index (χ1n) is 9.30. The Morgan fingerprint density at radius 3 is 2.37 bits per heavy atom. The summed E-state index contributed by atoms with van der Waals surface area (Å²) in [6.07, 6.45) is 2.48. The average Bonchev–Trinajstić information content (AvgIpc) is 3.02. The molecule has 1 aromatic heterocycles. The first kappa shape index (κ1) is 22.7. The summed E-state index contributed by atoms with van der Waals surface area (Å²) in [7, 11) is 0. The van der Waals surface area contributed by atoms with Gasteiger partial charge in [-0.05, 0) is 45.2 Å². The molecule has 0 radical (unpaired) electrons. The van der Waals surface area contributed by atoms with Gasteiger partial charge < -0.3 is 19.8 Å². The minimum atomic E-state index is -0.764. The van der Waals surface area contributed by atoms with Crippen LogP contribution in [0.25, 0.3) is 0 Å². The fraction of sp³-hybridized carbons (Fsp3) is 0.650. The van der Waals surface area contributed by atoms with E-state index >= 15 is 0 Å². The fourth-order valence-electron chi connectivity index (χ4n) is 2.45. The van der Waals surface area contributed by atoms with Crippen LogP contribution in [0.3, 0.4) is 0 Å². The molecule has 7 nitrogen and oxygen atoms in total. The largest absolute Gasteiger partial charge is 0.469 e. The predicted molar refractivity (Wildman–Crippen MR) is 102 cm³/mol. The molecule has 2 atom stereocenters. The van der Waals surface area contributed by atoms with Gasteiger partial charge in [0.05, 0.1) is 12.8 Å². The van der Waals surface area contributed by atoms with Crippen LogP contribution in [0.1, 0.15) is 53.7 Å². The van der Waals surface area contributed by atoms with Gasteiger partial charge in [0.15, 0.2) is 5.78 Å². The molecular formula is C20H32N2O5. The first-order chi connectivity index (χ1) is 12.5. The monoisotopic (exact) mass is 380 g/mol. The van der Waals surface area contributed by atoms with Gasteiger partial charge in [-0.15, -0.1) is 0 Å². The summed E-state index contributed by atoms with van der Waals surface area (Å²) in [4.78, 5) is 36.6. The van der Waals surface area contributed by atoms with E-state index in [0.717, 1.165) is 5.76 Å². The zero-order valence-electron chi connectivity index (χ0n) is 17.1. The summed E-state index contributed by atoms with van der Waals surface area (Å²) in [6.45, 7) is 10.9. The maximum absolute atomic E-state index is 12.3. The highest BCUT2D eigenvalue weighted by Crippen LogP contribution is 2.13. The standard InChI is InChI=1S/C20H32N2O5/c1-13(2)10-16(18(24)27-20(4,5)6)22-19(25)21-12-17(23)14(3)11-15-8-7-9-26-15/h7-9,13-14,16H,10-12H2,1-6H3,(H2,21,22,25)/t14-,16+/m1/s1. The van der Waals surface area contributed by atoms with Crippen molar-refractivity contribution in [1.29, 1.82) is 0 Å². The number of Topliss-reactive ketones (excluding diaryl/α,β-unsaturated/α-hetero) is 1. The molecule has 0 saturated heterocycles. The Kier molecular flexibility index (Phi) is 8.53. The van der Waals surface area contributed by atoms with Crippen molar-refractivity contribution >= 4 is 17.8 Å². The number of rotatable bonds is 9. The van der Waals surface area contributed by atoms with Crippen molar-refractivity contribution in [2.24, 2.45) is 11.8 Å². The molecule has 1 heterocycles. The Labute approximate surface area is 161 Å². The van der Waals surface area contributed by atoms with Crippen LogP contribution < -0.4 is 10.6 Å². The summed E-state index contributed by atoms with van der Waals surface area (Å²) in [5.41, 5.74) is -0.637. The zero-order chi connectivity index (χ0) is 20.6. The summed E-state index contributed by atoms with van der Waals surface area (Å²) >= 11 is 0. The molecule has 2 N–H and O–H groups in total. The Hall–Kier alpha value is -2.31. The van der Waals surface area contributed by atoms with Crippen LogP contribution >= 0.6 is 0 Å². The molecule has 0 aliphatic carbocycles. The molecule has 0 spiro atoms. The molecule has 152 valence electrons. The van der Waals surface area contributed by atoms with Crippen molar-refractivity contribution < 1.29 is 23.5 Å². The van der Waals surface area contributed by atoms with Gasteiger partial charge in [-0.2, -0.15) is 0 Å². The molecule has 0 fully saturated rings. The third-order valence-corrected chi connectivity index (χ3v) is 3.76. The molecule has 27 heavy (non-hydrogen) atoms. The SMILES string of the molecule is CC(C)C[C@H](NC(=O)NCC(=O)[C@H](C)Cc1ccco1)C(=O)OC(C)(C)C. The van der Waals surface area contributed by atoms with E-state index in [4.69, 9.17) is 9.15 Å². The highest BCUT2D eigenvalue weighted by Gasteiger charge is 2.27. The second-order valence-electron chi connectivity index (χ2n) is 8.19. The van der Waals surface area contributed by atoms with E-state index in [2.05, 4.69) is 10.6 Å². The van der Waals surface area contributed by atoms with Crippen LogP contribution in [-0.4, -0.2) is 36.0 Å². The quantitative estimate of drug-likeness (QED) is 0.642. The summed E-state index contributed by atoms with van der Waals surface area (Å²) in [6, 6.07) is 2.25. The number of esters is 1. The molecule has 0 aromatic carbocycles. The molecule has 7 heteroatoms. The van der Waals surface area contributed by atoms with Crippen molar-refractivity contribution in [3.63, 3.8) is 0 Å². The van der Waals surface area contributed by atoms with E-state index in [-0.39, 0.29) is 24.2 Å². The number of amides is 2. The predicted octanol–water partition coefficient (Wildman–Crippen LogP) is 3.08. The number of furan rings is 1. The molecule has 0 bridgehead atoms. The van der Waals surface area contributed by atoms with Crippen LogP contribution in [0.5, 0.6) is 0 Å². The van der Waals surface area contributed by atoms with Gasteiger partial charge >= 0.3 is 12.0 Å². The van der Waals surface area contributed by atoms with Crippen LogP contribution in [0, 0.1) is 11.8 Å². The van der Waals surface area contributed by atoms with Crippen LogP contribution in [0.4, 0.5) is 4.79 Å². The number of carbonyl (C=O) groups is 3. The lowest BCUT2D eigenvalue weighted by molar-refractivity contribution is -0.157. The lowest BCUT2D eigenvalue weighted by atomic mass is 10.0. The van der Waals surface area contributed by atoms with Crippen LogP contribution in [0.15, 0.2) is 22.8 Å². The second kappa shape index (κ2) is 10.1. The lowest BCUT2D eigenvalue weighted by Crippen LogP contribution is -2.49. The zero-order valence-corrected chi connectivity index (χ0v) is 17.1. The normalized spacial score (nSPS) is 13.7. The van der Waals surface area contributed by atoms with E-state index < -0.39 is 23.6 Å². The van der Waals surface area contributed by atoms with Gasteiger partial charge in [-0.3, -0.25) is 4.79 Å². The summed E-state index contributed by atoms with van der Waals surface area (Å²) in [5.74, 6) is 0.0388. The van der Waals surface area contributed by atoms with Gasteiger partial charge in [0.1, 0.15) is 17.4 Å². The molecule has 2 amide bonds. The van der Waals surface area contributed by atoms with Crippen molar-refractivity contribution in [1.82, 2.24) is 10.6 Å². The van der Waals surface area contributed by atoms with Crippen LogP contribution in [0.2, 0.25) is 0 Å². The van der Waals surface area contributed by atoms with Crippen molar-refractivity contribution in [3.05, 3.63) is 24.2 Å². The Bertz CT molecular complexity index is 617. The number of urea groups is 1. The molecule has 1 rings (SSSR count). The van der Waals surface area contributed by atoms with E-state index in [1.54, 1.807) is 46.1 Å². The van der Waals surface area contributed by atoms with E-state index in [1.807, 2.05) is 13.8 Å². The van der Waals surface area contributed by atoms with Gasteiger partial charge in [0, 0.05) is 12.3 Å². The van der Waals surface area contributed by atoms with E-state index in [0.29, 0.717) is 12.8 Å². The minimum Gasteiger partial charge on any atom is -0.469 e. The van der Waals surface area contributed by atoms with E-state index in [1.165, 1.54) is 0 Å². The Morgan fingerprint density at radius 1 is 1.19 bits per heavy atom. The van der Waals surface area contributed by atoms with Gasteiger partial charge in [0.25, 0.3) is 0 Å². The van der Waals surface area contributed by atoms with Gasteiger partial charge in [-0.25, -0.2) is 9.59 Å². The molecule has 0 saturated carbocycles. The fourth-order valence-corrected chi connectivity index (χ4v) is 2.45. The molecule has 0 aliphatic rings. The molecule has 0 aliphatic heterocycles. The maximum atomic E-state index is 12.3. The summed E-state index contributed by atoms with van der Waals surface area (Å²) in [5, 5.41) is 5.14. The minimum absolute atomic E-state index is 0.112. The molecular weight excluding hydrogens is 348 g/mol. The van der Waals surface area contributed by atoms with Crippen molar-refractivity contribution in [3.8, 4) is 0 Å². The average molecular weight is 380 g/mol. The number of ketones is 1. The second-order valence-corrected chi connectivity index (χ2v) is 8.19. The first-order valence-corrected chi connectivity index (χ1v) is 9.30. The third-order valence-electron chi connectivity index (χ3n) is 3.76. The number of ether oxygens (including phenoxy) is 1. The van der Waals surface area contributed by atoms with E-state index in [9.17, 15) is 14.4 Å². The summed E-state index contributed by atoms with van der Waals surface area (Å²) < 4.78 is 10.6. The molecule has 1 aromatic rings. The number of carbonyl (C=O) groups excluding carboxylic acids is 3. The van der Waals surface area contributed by atoms with Crippen LogP contribution in [-0.2, 0) is 20.7 Å².